The van der Waals surface area contributed by atoms with E-state index >= 15 is 0 Å². The minimum absolute atomic E-state index is 0.185. The Balaban J connectivity index is 1.38. The van der Waals surface area contributed by atoms with Crippen LogP contribution in [0.2, 0.25) is 5.02 Å². The van der Waals surface area contributed by atoms with Gasteiger partial charge in [0.25, 0.3) is 0 Å². The minimum atomic E-state index is -0.186. The maximum atomic E-state index is 13.1. The quantitative estimate of drug-likeness (QED) is 0.327. The molecule has 0 bridgehead atoms. The lowest BCUT2D eigenvalue weighted by molar-refractivity contribution is 0.00584. The van der Waals surface area contributed by atoms with Crippen LogP contribution in [0.1, 0.15) is 17.2 Å². The van der Waals surface area contributed by atoms with E-state index in [4.69, 9.17) is 35.3 Å². The van der Waals surface area contributed by atoms with Gasteiger partial charge in [-0.2, -0.15) is 0 Å². The third-order valence-electron chi connectivity index (χ3n) is 6.81. The molecule has 1 N–H and O–H groups in total. The molecule has 0 aromatic heterocycles. The monoisotopic (exact) mass is 569 g/mol. The number of methoxy groups -OCH3 is 4. The fourth-order valence-corrected chi connectivity index (χ4v) is 4.86. The molecule has 1 fully saturated rings. The molecule has 0 spiro atoms. The second-order valence-corrected chi connectivity index (χ2v) is 9.77. The van der Waals surface area contributed by atoms with Crippen molar-refractivity contribution in [1.29, 1.82) is 0 Å². The maximum Gasteiger partial charge on any atom is 0.321 e. The fraction of sp³-hybridized carbons (Fsp3) is 0.367. The van der Waals surface area contributed by atoms with Gasteiger partial charge in [-0.3, -0.25) is 4.90 Å². The van der Waals surface area contributed by atoms with Gasteiger partial charge in [0.05, 0.1) is 46.8 Å². The number of hydrogen-bond donors (Lipinski definition) is 1. The third kappa shape index (κ3) is 7.50. The number of halogens is 1. The number of carbonyl (C=O) groups excluding carboxylic acids is 1. The Bertz CT molecular complexity index is 1260. The first kappa shape index (κ1) is 29.3. The van der Waals surface area contributed by atoms with Crippen LogP contribution in [0.4, 0.5) is 10.5 Å². The van der Waals surface area contributed by atoms with E-state index in [0.29, 0.717) is 67.3 Å². The Kier molecular flexibility index (Phi) is 10.3. The van der Waals surface area contributed by atoms with Gasteiger partial charge in [0.15, 0.2) is 11.5 Å². The standard InChI is InChI=1S/C30H36ClN3O6/c1-36-25-10-6-8-22(16-25)28(40-20-21-7-5-9-23(31)15-21)19-33-11-13-34(14-12-33)30(35)32-24-17-26(37-2)29(39-4)27(18-24)38-3/h5-10,15-18,28H,11-14,19-20H2,1-4H3,(H,32,35)/t28-/m0/s1. The van der Waals surface area contributed by atoms with Crippen LogP contribution in [0.3, 0.4) is 0 Å². The molecule has 0 radical (unpaired) electrons. The van der Waals surface area contributed by atoms with Gasteiger partial charge in [-0.15, -0.1) is 0 Å². The van der Waals surface area contributed by atoms with Gasteiger partial charge >= 0.3 is 6.03 Å². The normalized spacial score (nSPS) is 14.4. The number of nitrogens with zero attached hydrogens (tertiary/aromatic N) is 2. The van der Waals surface area contributed by atoms with E-state index in [0.717, 1.165) is 16.9 Å². The maximum absolute atomic E-state index is 13.1. The SMILES string of the molecule is COc1cccc([C@H](CN2CCN(C(=O)Nc3cc(OC)c(OC)c(OC)c3)CC2)OCc2cccc(Cl)c2)c1. The lowest BCUT2D eigenvalue weighted by Crippen LogP contribution is -2.50. The number of rotatable bonds is 11. The molecule has 0 unspecified atom stereocenters. The summed E-state index contributed by atoms with van der Waals surface area (Å²) in [6.07, 6.45) is -0.186. The molecule has 3 aromatic carbocycles. The van der Waals surface area contributed by atoms with Crippen LogP contribution in [0.15, 0.2) is 60.7 Å². The molecule has 3 aromatic rings. The molecule has 1 heterocycles. The Morgan fingerprint density at radius 2 is 1.57 bits per heavy atom. The number of piperazine rings is 1. The Morgan fingerprint density at radius 3 is 2.20 bits per heavy atom. The number of nitrogens with one attached hydrogen (secondary N) is 1. The molecular formula is C30H36ClN3O6. The summed E-state index contributed by atoms with van der Waals surface area (Å²) in [5, 5.41) is 3.63. The van der Waals surface area contributed by atoms with E-state index in [1.165, 1.54) is 0 Å². The smallest absolute Gasteiger partial charge is 0.321 e. The van der Waals surface area contributed by atoms with Crippen LogP contribution in [0, 0.1) is 0 Å². The Morgan fingerprint density at radius 1 is 0.875 bits per heavy atom. The van der Waals surface area contributed by atoms with Crippen LogP contribution in [0.5, 0.6) is 23.0 Å². The minimum Gasteiger partial charge on any atom is -0.497 e. The first-order valence-corrected chi connectivity index (χ1v) is 13.4. The molecule has 4 rings (SSSR count). The number of amides is 2. The van der Waals surface area contributed by atoms with Crippen molar-refractivity contribution in [2.75, 3.05) is 66.5 Å². The van der Waals surface area contributed by atoms with Gasteiger partial charge in [0.1, 0.15) is 5.75 Å². The van der Waals surface area contributed by atoms with E-state index in [1.807, 2.05) is 48.5 Å². The van der Waals surface area contributed by atoms with Crippen molar-refractivity contribution >= 4 is 23.3 Å². The summed E-state index contributed by atoms with van der Waals surface area (Å²) in [5.74, 6) is 2.20. The van der Waals surface area contributed by atoms with Crippen molar-refractivity contribution in [1.82, 2.24) is 9.80 Å². The summed E-state index contributed by atoms with van der Waals surface area (Å²) >= 11 is 6.17. The van der Waals surface area contributed by atoms with Crippen LogP contribution >= 0.6 is 11.6 Å². The third-order valence-corrected chi connectivity index (χ3v) is 7.04. The van der Waals surface area contributed by atoms with Crippen LogP contribution < -0.4 is 24.3 Å². The summed E-state index contributed by atoms with van der Waals surface area (Å²) in [6.45, 7) is 3.69. The van der Waals surface area contributed by atoms with E-state index in [-0.39, 0.29) is 12.1 Å². The van der Waals surface area contributed by atoms with Crippen LogP contribution in [-0.2, 0) is 11.3 Å². The molecule has 1 aliphatic rings. The molecular weight excluding hydrogens is 534 g/mol. The zero-order valence-electron chi connectivity index (χ0n) is 23.3. The summed E-state index contributed by atoms with van der Waals surface area (Å²) in [5.41, 5.74) is 2.60. The van der Waals surface area contributed by atoms with Gasteiger partial charge in [0.2, 0.25) is 5.75 Å². The highest BCUT2D eigenvalue weighted by molar-refractivity contribution is 6.30. The van der Waals surface area contributed by atoms with E-state index < -0.39 is 0 Å². The lowest BCUT2D eigenvalue weighted by Gasteiger charge is -2.36. The van der Waals surface area contributed by atoms with Crippen molar-refractivity contribution < 1.29 is 28.5 Å². The molecule has 1 saturated heterocycles. The Labute approximate surface area is 240 Å². The van der Waals surface area contributed by atoms with Gasteiger partial charge in [-0.1, -0.05) is 35.9 Å². The van der Waals surface area contributed by atoms with Crippen LogP contribution in [0.25, 0.3) is 0 Å². The zero-order chi connectivity index (χ0) is 28.5. The zero-order valence-corrected chi connectivity index (χ0v) is 24.1. The summed E-state index contributed by atoms with van der Waals surface area (Å²) in [7, 11) is 6.28. The predicted octanol–water partition coefficient (Wildman–Crippen LogP) is 5.48. The van der Waals surface area contributed by atoms with E-state index in [9.17, 15) is 4.79 Å². The lowest BCUT2D eigenvalue weighted by atomic mass is 10.1. The van der Waals surface area contributed by atoms with Gasteiger partial charge in [-0.05, 0) is 35.4 Å². The molecule has 214 valence electrons. The molecule has 1 atom stereocenters. The Hall–Kier alpha value is -3.66. The summed E-state index contributed by atoms with van der Waals surface area (Å²) < 4.78 is 28.0. The van der Waals surface area contributed by atoms with Gasteiger partial charge in [0, 0.05) is 49.9 Å². The summed E-state index contributed by atoms with van der Waals surface area (Å²) in [6, 6.07) is 18.9. The van der Waals surface area contributed by atoms with Crippen molar-refractivity contribution in [2.45, 2.75) is 12.7 Å². The highest BCUT2D eigenvalue weighted by Crippen LogP contribution is 2.40. The number of anilines is 1. The number of urea groups is 1. The second-order valence-electron chi connectivity index (χ2n) is 9.34. The second kappa shape index (κ2) is 14.1. The molecule has 0 saturated carbocycles. The average Bonchev–Trinajstić information content (AvgIpc) is 2.99. The molecule has 40 heavy (non-hydrogen) atoms. The van der Waals surface area contributed by atoms with Gasteiger partial charge < -0.3 is 33.9 Å². The largest absolute Gasteiger partial charge is 0.497 e. The van der Waals surface area contributed by atoms with Gasteiger partial charge in [-0.25, -0.2) is 4.79 Å². The first-order chi connectivity index (χ1) is 19.4. The average molecular weight is 570 g/mol. The molecule has 9 nitrogen and oxygen atoms in total. The molecule has 0 aliphatic carbocycles. The fourth-order valence-electron chi connectivity index (χ4n) is 4.64. The van der Waals surface area contributed by atoms with Crippen molar-refractivity contribution in [2.24, 2.45) is 0 Å². The molecule has 1 aliphatic heterocycles. The first-order valence-electron chi connectivity index (χ1n) is 13.0. The molecule has 10 heteroatoms. The predicted molar refractivity (Wildman–Crippen MR) is 155 cm³/mol. The topological polar surface area (TPSA) is 81.7 Å². The van der Waals surface area contributed by atoms with E-state index in [2.05, 4.69) is 10.2 Å². The highest BCUT2D eigenvalue weighted by Gasteiger charge is 2.25. The van der Waals surface area contributed by atoms with E-state index in [1.54, 1.807) is 45.5 Å². The van der Waals surface area contributed by atoms with Crippen LogP contribution in [-0.4, -0.2) is 77.0 Å². The summed E-state index contributed by atoms with van der Waals surface area (Å²) in [4.78, 5) is 17.2. The highest BCUT2D eigenvalue weighted by atomic mass is 35.5. The van der Waals surface area contributed by atoms with Crippen molar-refractivity contribution in [3.63, 3.8) is 0 Å². The molecule has 2 amide bonds. The number of ether oxygens (including phenoxy) is 5. The van der Waals surface area contributed by atoms with Crippen molar-refractivity contribution in [3.05, 3.63) is 76.8 Å². The number of hydrogen-bond acceptors (Lipinski definition) is 7. The number of benzene rings is 3. The van der Waals surface area contributed by atoms with Crippen molar-refractivity contribution in [3.8, 4) is 23.0 Å². The number of carbonyl (C=O) groups is 1.